The molecule has 37 heavy (non-hydrogen) atoms. The van der Waals surface area contributed by atoms with Gasteiger partial charge in [0, 0.05) is 29.8 Å². The summed E-state index contributed by atoms with van der Waals surface area (Å²) in [6.45, 7) is 6.66. The van der Waals surface area contributed by atoms with Gasteiger partial charge in [-0.25, -0.2) is 9.18 Å². The molecule has 0 saturated carbocycles. The van der Waals surface area contributed by atoms with Gasteiger partial charge in [-0.2, -0.15) is 5.26 Å². The van der Waals surface area contributed by atoms with E-state index in [1.165, 1.54) is 6.07 Å². The van der Waals surface area contributed by atoms with E-state index in [0.717, 1.165) is 17.5 Å². The number of carboxylic acid groups (broad SMARTS) is 1. The molecule has 190 valence electrons. The summed E-state index contributed by atoms with van der Waals surface area (Å²) in [5, 5.41) is 20.8. The number of nitrogens with one attached hydrogen (secondary N) is 1. The lowest BCUT2D eigenvalue weighted by atomic mass is 9.90. The van der Waals surface area contributed by atoms with Crippen LogP contribution < -0.4 is 5.32 Å². The summed E-state index contributed by atoms with van der Waals surface area (Å²) < 4.78 is 15.0. The van der Waals surface area contributed by atoms with E-state index in [0.29, 0.717) is 47.3 Å². The quantitative estimate of drug-likeness (QED) is 0.420. The number of aryl methyl sites for hydroxylation is 1. The smallest absolute Gasteiger partial charge is 0.405 e. The number of hydrogen-bond acceptors (Lipinski definition) is 3. The van der Waals surface area contributed by atoms with Crippen LogP contribution in [0.15, 0.2) is 60.7 Å². The number of carbonyl (C=O) groups is 2. The summed E-state index contributed by atoms with van der Waals surface area (Å²) in [5.74, 6) is -0.268. The standard InChI is InChI=1S/C30H30FN3O3/c1-19-4-10-25(27(31)14-19)24-11-9-23(15-26(24)22-7-5-20(17-32)6-8-22)28(35)34-13-12-21(18-34)16-30(2,3)33-29(36)37/h4-11,14-15,21,33H,12-13,16,18H2,1-3H3,(H,36,37)/t21-/m0/s1. The maximum Gasteiger partial charge on any atom is 0.405 e. The SMILES string of the molecule is Cc1ccc(-c2ccc(C(=O)N3CC[C@@H](CC(C)(C)NC(=O)O)C3)cc2-c2ccc(C#N)cc2)c(F)c1. The molecule has 1 saturated heterocycles. The molecule has 0 unspecified atom stereocenters. The Morgan fingerprint density at radius 3 is 2.43 bits per heavy atom. The third kappa shape index (κ3) is 5.97. The topological polar surface area (TPSA) is 93.4 Å². The molecule has 0 bridgehead atoms. The molecule has 3 aromatic carbocycles. The Labute approximate surface area is 216 Å². The number of nitrogens with zero attached hydrogens (tertiary/aromatic N) is 2. The number of hydrogen-bond donors (Lipinski definition) is 2. The number of carbonyl (C=O) groups excluding carboxylic acids is 1. The molecule has 2 N–H and O–H groups in total. The zero-order chi connectivity index (χ0) is 26.7. The van der Waals surface area contributed by atoms with Gasteiger partial charge in [0.15, 0.2) is 0 Å². The van der Waals surface area contributed by atoms with Gasteiger partial charge in [-0.1, -0.05) is 30.3 Å². The van der Waals surface area contributed by atoms with Gasteiger partial charge in [0.2, 0.25) is 0 Å². The highest BCUT2D eigenvalue weighted by molar-refractivity contribution is 5.98. The minimum Gasteiger partial charge on any atom is -0.465 e. The molecule has 1 aliphatic heterocycles. The number of nitriles is 1. The fourth-order valence-electron chi connectivity index (χ4n) is 5.14. The molecule has 6 nitrogen and oxygen atoms in total. The molecule has 2 amide bonds. The molecule has 0 aliphatic carbocycles. The van der Waals surface area contributed by atoms with Crippen LogP contribution in [0.5, 0.6) is 0 Å². The van der Waals surface area contributed by atoms with Crippen LogP contribution in [0.2, 0.25) is 0 Å². The van der Waals surface area contributed by atoms with Crippen molar-refractivity contribution in [2.24, 2.45) is 5.92 Å². The number of amides is 2. The zero-order valence-corrected chi connectivity index (χ0v) is 21.2. The molecule has 7 heteroatoms. The average Bonchev–Trinajstić information content (AvgIpc) is 3.30. The largest absolute Gasteiger partial charge is 0.465 e. The van der Waals surface area contributed by atoms with Crippen LogP contribution in [0.25, 0.3) is 22.3 Å². The fraction of sp³-hybridized carbons (Fsp3) is 0.300. The highest BCUT2D eigenvalue weighted by Gasteiger charge is 2.32. The van der Waals surface area contributed by atoms with Crippen LogP contribution in [0.4, 0.5) is 9.18 Å². The van der Waals surface area contributed by atoms with E-state index in [1.54, 1.807) is 53.4 Å². The molecule has 0 radical (unpaired) electrons. The normalized spacial score (nSPS) is 15.3. The summed E-state index contributed by atoms with van der Waals surface area (Å²) in [4.78, 5) is 26.4. The number of likely N-dealkylation sites (tertiary alicyclic amines) is 1. The van der Waals surface area contributed by atoms with Gasteiger partial charge in [0.05, 0.1) is 11.6 Å². The molecule has 3 aromatic rings. The van der Waals surface area contributed by atoms with Gasteiger partial charge < -0.3 is 15.3 Å². The number of benzene rings is 3. The van der Waals surface area contributed by atoms with Crippen LogP contribution >= 0.6 is 0 Å². The summed E-state index contributed by atoms with van der Waals surface area (Å²) in [6.07, 6.45) is 0.368. The minimum atomic E-state index is -1.06. The summed E-state index contributed by atoms with van der Waals surface area (Å²) in [6, 6.07) is 19.5. The van der Waals surface area contributed by atoms with E-state index in [-0.39, 0.29) is 17.6 Å². The lowest BCUT2D eigenvalue weighted by molar-refractivity contribution is 0.0783. The minimum absolute atomic E-state index is 0.114. The Morgan fingerprint density at radius 2 is 1.78 bits per heavy atom. The highest BCUT2D eigenvalue weighted by Crippen LogP contribution is 2.36. The summed E-state index contributed by atoms with van der Waals surface area (Å²) >= 11 is 0. The van der Waals surface area contributed by atoms with Gasteiger partial charge >= 0.3 is 6.09 Å². The second-order valence-corrected chi connectivity index (χ2v) is 10.4. The van der Waals surface area contributed by atoms with Crippen molar-refractivity contribution >= 4 is 12.0 Å². The van der Waals surface area contributed by atoms with Crippen molar-refractivity contribution in [1.82, 2.24) is 10.2 Å². The Kier molecular flexibility index (Phi) is 7.30. The van der Waals surface area contributed by atoms with Crippen molar-refractivity contribution in [2.75, 3.05) is 13.1 Å². The van der Waals surface area contributed by atoms with Crippen molar-refractivity contribution in [3.8, 4) is 28.3 Å². The molecule has 0 spiro atoms. The van der Waals surface area contributed by atoms with Crippen molar-refractivity contribution in [1.29, 1.82) is 5.26 Å². The first-order valence-corrected chi connectivity index (χ1v) is 12.3. The highest BCUT2D eigenvalue weighted by atomic mass is 19.1. The molecule has 1 aliphatic rings. The molecule has 4 rings (SSSR count). The van der Waals surface area contributed by atoms with Crippen LogP contribution in [0.3, 0.4) is 0 Å². The molecular weight excluding hydrogens is 469 g/mol. The van der Waals surface area contributed by atoms with Crippen molar-refractivity contribution in [3.63, 3.8) is 0 Å². The first-order valence-electron chi connectivity index (χ1n) is 12.3. The zero-order valence-electron chi connectivity index (χ0n) is 21.2. The van der Waals surface area contributed by atoms with E-state index in [4.69, 9.17) is 5.11 Å². The Hall–Kier alpha value is -4.18. The van der Waals surface area contributed by atoms with Gasteiger partial charge in [-0.3, -0.25) is 4.79 Å². The van der Waals surface area contributed by atoms with Crippen LogP contribution in [0, 0.1) is 30.0 Å². The maximum atomic E-state index is 15.0. The Morgan fingerprint density at radius 1 is 1.08 bits per heavy atom. The predicted octanol–water partition coefficient (Wildman–Crippen LogP) is 6.24. The second-order valence-electron chi connectivity index (χ2n) is 10.4. The monoisotopic (exact) mass is 499 g/mol. The second kappa shape index (κ2) is 10.4. The lowest BCUT2D eigenvalue weighted by Gasteiger charge is -2.28. The number of rotatable bonds is 6. The first kappa shape index (κ1) is 25.9. The van der Waals surface area contributed by atoms with E-state index < -0.39 is 11.6 Å². The maximum absolute atomic E-state index is 15.0. The van der Waals surface area contributed by atoms with Crippen molar-refractivity contribution in [2.45, 2.75) is 39.2 Å². The Balaban J connectivity index is 1.64. The van der Waals surface area contributed by atoms with Gasteiger partial charge in [0.25, 0.3) is 5.91 Å². The third-order valence-corrected chi connectivity index (χ3v) is 6.82. The fourth-order valence-corrected chi connectivity index (χ4v) is 5.14. The van der Waals surface area contributed by atoms with Crippen LogP contribution in [-0.4, -0.2) is 40.6 Å². The molecule has 0 aromatic heterocycles. The van der Waals surface area contributed by atoms with E-state index in [9.17, 15) is 19.2 Å². The van der Waals surface area contributed by atoms with Gasteiger partial charge in [-0.15, -0.1) is 0 Å². The molecule has 1 atom stereocenters. The van der Waals surface area contributed by atoms with Gasteiger partial charge in [-0.05, 0) is 92.1 Å². The lowest BCUT2D eigenvalue weighted by Crippen LogP contribution is -2.44. The Bertz CT molecular complexity index is 1380. The van der Waals surface area contributed by atoms with E-state index >= 15 is 0 Å². The van der Waals surface area contributed by atoms with Crippen LogP contribution in [-0.2, 0) is 0 Å². The van der Waals surface area contributed by atoms with Gasteiger partial charge in [0.1, 0.15) is 5.82 Å². The molecule has 1 fully saturated rings. The van der Waals surface area contributed by atoms with Crippen molar-refractivity contribution < 1.29 is 19.1 Å². The summed E-state index contributed by atoms with van der Waals surface area (Å²) in [7, 11) is 0. The summed E-state index contributed by atoms with van der Waals surface area (Å²) in [5.41, 5.74) is 3.85. The average molecular weight is 500 g/mol. The van der Waals surface area contributed by atoms with E-state index in [1.807, 2.05) is 26.8 Å². The third-order valence-electron chi connectivity index (χ3n) is 6.82. The molecular formula is C30H30FN3O3. The van der Waals surface area contributed by atoms with E-state index in [2.05, 4.69) is 11.4 Å². The first-order chi connectivity index (χ1) is 17.6. The van der Waals surface area contributed by atoms with Crippen molar-refractivity contribution in [3.05, 3.63) is 83.2 Å². The predicted molar refractivity (Wildman–Crippen MR) is 141 cm³/mol. The van der Waals surface area contributed by atoms with Crippen LogP contribution in [0.1, 0.15) is 48.2 Å². The number of halogens is 1. The molecule has 1 heterocycles.